The molecule has 0 atom stereocenters. The van der Waals surface area contributed by atoms with E-state index in [1.165, 1.54) is 31.3 Å². The van der Waals surface area contributed by atoms with Crippen LogP contribution < -0.4 is 9.47 Å². The highest BCUT2D eigenvalue weighted by atomic mass is 16.6. The van der Waals surface area contributed by atoms with E-state index in [4.69, 9.17) is 14.0 Å². The number of ether oxygens (including phenoxy) is 2. The quantitative estimate of drug-likeness (QED) is 0.377. The maximum absolute atomic E-state index is 12.9. The zero-order valence-corrected chi connectivity index (χ0v) is 17.5. The molecule has 0 aliphatic carbocycles. The number of carbonyl (C=O) groups is 1. The maximum atomic E-state index is 12.9. The van der Waals surface area contributed by atoms with E-state index in [2.05, 4.69) is 5.16 Å². The van der Waals surface area contributed by atoms with Gasteiger partial charge in [0, 0.05) is 37.7 Å². The maximum Gasteiger partial charge on any atom is 0.286 e. The lowest BCUT2D eigenvalue weighted by Crippen LogP contribution is -2.28. The van der Waals surface area contributed by atoms with Gasteiger partial charge in [0.15, 0.2) is 11.5 Å². The second-order valence-corrected chi connectivity index (χ2v) is 6.86. The molecule has 0 fully saturated rings. The van der Waals surface area contributed by atoms with E-state index in [1.807, 2.05) is 36.4 Å². The lowest BCUT2D eigenvalue weighted by molar-refractivity contribution is -0.385. The number of rotatable bonds is 9. The molecule has 0 unspecified atom stereocenters. The molecule has 0 saturated heterocycles. The van der Waals surface area contributed by atoms with Crippen LogP contribution in [0.1, 0.15) is 22.5 Å². The molecule has 31 heavy (non-hydrogen) atoms. The van der Waals surface area contributed by atoms with Crippen molar-refractivity contribution < 1.29 is 23.7 Å². The summed E-state index contributed by atoms with van der Waals surface area (Å²) in [5.41, 5.74) is 1.32. The first-order valence-electron chi connectivity index (χ1n) is 9.61. The first kappa shape index (κ1) is 21.8. The van der Waals surface area contributed by atoms with Crippen molar-refractivity contribution in [3.05, 3.63) is 70.0 Å². The Labute approximate surface area is 179 Å². The van der Waals surface area contributed by atoms with Crippen LogP contribution >= 0.6 is 0 Å². The number of methoxy groups -OCH3 is 2. The fraction of sp³-hybridized carbons (Fsp3) is 0.273. The first-order chi connectivity index (χ1) is 14.9. The van der Waals surface area contributed by atoms with Crippen LogP contribution in [0.3, 0.4) is 0 Å². The predicted octanol–water partition coefficient (Wildman–Crippen LogP) is 3.97. The summed E-state index contributed by atoms with van der Waals surface area (Å²) >= 11 is 0. The molecule has 2 aromatic carbocycles. The van der Waals surface area contributed by atoms with E-state index >= 15 is 0 Å². The van der Waals surface area contributed by atoms with Gasteiger partial charge >= 0.3 is 0 Å². The van der Waals surface area contributed by atoms with Crippen LogP contribution in [0.2, 0.25) is 0 Å². The smallest absolute Gasteiger partial charge is 0.286 e. The van der Waals surface area contributed by atoms with Gasteiger partial charge in [-0.2, -0.15) is 0 Å². The average Bonchev–Trinajstić information content (AvgIpc) is 3.27. The number of nitro groups is 1. The molecule has 9 heteroatoms. The Bertz CT molecular complexity index is 1060. The van der Waals surface area contributed by atoms with E-state index in [0.717, 1.165) is 11.3 Å². The van der Waals surface area contributed by atoms with Gasteiger partial charge < -0.3 is 18.9 Å². The third-order valence-electron chi connectivity index (χ3n) is 4.82. The van der Waals surface area contributed by atoms with Crippen molar-refractivity contribution in [2.75, 3.05) is 27.8 Å². The van der Waals surface area contributed by atoms with Gasteiger partial charge in [0.1, 0.15) is 17.0 Å². The minimum atomic E-state index is -0.608. The Balaban J connectivity index is 1.66. The molecule has 0 bridgehead atoms. The monoisotopic (exact) mass is 425 g/mol. The van der Waals surface area contributed by atoms with Crippen LogP contribution in [0.15, 0.2) is 53.1 Å². The normalized spacial score (nSPS) is 10.5. The summed E-state index contributed by atoms with van der Waals surface area (Å²) in [5.74, 6) is 0.667. The Morgan fingerprint density at radius 2 is 1.81 bits per heavy atom. The predicted molar refractivity (Wildman–Crippen MR) is 113 cm³/mol. The van der Waals surface area contributed by atoms with Crippen LogP contribution in [0.5, 0.6) is 11.5 Å². The van der Waals surface area contributed by atoms with Crippen molar-refractivity contribution in [1.29, 1.82) is 0 Å². The van der Waals surface area contributed by atoms with Crippen LogP contribution in [-0.2, 0) is 6.42 Å². The highest BCUT2D eigenvalue weighted by Gasteiger charge is 2.26. The van der Waals surface area contributed by atoms with Gasteiger partial charge in [-0.05, 0) is 6.42 Å². The zero-order chi connectivity index (χ0) is 22.4. The second-order valence-electron chi connectivity index (χ2n) is 6.86. The molecule has 1 aromatic heterocycles. The van der Waals surface area contributed by atoms with E-state index < -0.39 is 10.8 Å². The fourth-order valence-electron chi connectivity index (χ4n) is 3.16. The SMILES string of the molecule is COc1cc(C(=O)N(C)CCCc2cc(-c3ccccc3)no2)c([N+](=O)[O-])cc1OC. The van der Waals surface area contributed by atoms with Crippen LogP contribution in [-0.4, -0.2) is 48.7 Å². The van der Waals surface area contributed by atoms with Gasteiger partial charge in [-0.15, -0.1) is 0 Å². The molecular weight excluding hydrogens is 402 g/mol. The van der Waals surface area contributed by atoms with Gasteiger partial charge in [0.05, 0.1) is 25.2 Å². The average molecular weight is 425 g/mol. The topological polar surface area (TPSA) is 108 Å². The third-order valence-corrected chi connectivity index (χ3v) is 4.82. The van der Waals surface area contributed by atoms with Gasteiger partial charge in [-0.1, -0.05) is 35.5 Å². The standard InChI is InChI=1S/C22H23N3O6/c1-24(11-7-10-16-12-18(23-31-16)15-8-5-4-6-9-15)22(26)17-13-20(29-2)21(30-3)14-19(17)25(27)28/h4-6,8-9,12-14H,7,10-11H2,1-3H3. The molecule has 162 valence electrons. The molecule has 9 nitrogen and oxygen atoms in total. The lowest BCUT2D eigenvalue weighted by Gasteiger charge is -2.18. The molecule has 0 N–H and O–H groups in total. The number of benzene rings is 2. The summed E-state index contributed by atoms with van der Waals surface area (Å²) in [6.07, 6.45) is 1.18. The number of aryl methyl sites for hydroxylation is 1. The Morgan fingerprint density at radius 1 is 1.13 bits per heavy atom. The van der Waals surface area contributed by atoms with Crippen molar-refractivity contribution in [2.24, 2.45) is 0 Å². The van der Waals surface area contributed by atoms with Crippen molar-refractivity contribution in [1.82, 2.24) is 10.1 Å². The molecule has 0 saturated carbocycles. The summed E-state index contributed by atoms with van der Waals surface area (Å²) in [7, 11) is 4.38. The number of amides is 1. The number of hydrogen-bond acceptors (Lipinski definition) is 7. The summed E-state index contributed by atoms with van der Waals surface area (Å²) in [6, 6.07) is 14.1. The number of carbonyl (C=O) groups excluding carboxylic acids is 1. The van der Waals surface area contributed by atoms with Crippen molar-refractivity contribution in [3.63, 3.8) is 0 Å². The van der Waals surface area contributed by atoms with Crippen LogP contribution in [0, 0.1) is 10.1 Å². The summed E-state index contributed by atoms with van der Waals surface area (Å²) < 4.78 is 15.7. The third kappa shape index (κ3) is 5.00. The van der Waals surface area contributed by atoms with Gasteiger partial charge in [-0.3, -0.25) is 14.9 Å². The Hall–Kier alpha value is -3.88. The summed E-state index contributed by atoms with van der Waals surface area (Å²) in [5, 5.41) is 15.5. The molecule has 0 aliphatic heterocycles. The lowest BCUT2D eigenvalue weighted by atomic mass is 10.1. The number of nitrogens with zero attached hydrogens (tertiary/aromatic N) is 3. The van der Waals surface area contributed by atoms with Gasteiger partial charge in [0.2, 0.25) is 0 Å². The van der Waals surface area contributed by atoms with E-state index in [1.54, 1.807) is 7.05 Å². The fourth-order valence-corrected chi connectivity index (χ4v) is 3.16. The minimum Gasteiger partial charge on any atom is -0.493 e. The van der Waals surface area contributed by atoms with E-state index in [9.17, 15) is 14.9 Å². The second kappa shape index (κ2) is 9.75. The Kier molecular flexibility index (Phi) is 6.86. The molecule has 3 rings (SSSR count). The highest BCUT2D eigenvalue weighted by molar-refractivity contribution is 5.99. The largest absolute Gasteiger partial charge is 0.493 e. The van der Waals surface area contributed by atoms with Crippen LogP contribution in [0.25, 0.3) is 11.3 Å². The van der Waals surface area contributed by atoms with Gasteiger partial charge in [0.25, 0.3) is 11.6 Å². The van der Waals surface area contributed by atoms with E-state index in [0.29, 0.717) is 25.1 Å². The first-order valence-corrected chi connectivity index (χ1v) is 9.61. The number of nitro benzene ring substituents is 1. The zero-order valence-electron chi connectivity index (χ0n) is 17.5. The van der Waals surface area contributed by atoms with Crippen molar-refractivity contribution in [3.8, 4) is 22.8 Å². The number of aromatic nitrogens is 1. The molecule has 1 heterocycles. The minimum absolute atomic E-state index is 0.0591. The summed E-state index contributed by atoms with van der Waals surface area (Å²) in [4.78, 5) is 25.1. The number of hydrogen-bond donors (Lipinski definition) is 0. The van der Waals surface area contributed by atoms with Gasteiger partial charge in [-0.25, -0.2) is 0 Å². The molecular formula is C22H23N3O6. The molecule has 0 aliphatic rings. The molecule has 1 amide bonds. The van der Waals surface area contributed by atoms with Crippen LogP contribution in [0.4, 0.5) is 5.69 Å². The molecule has 0 radical (unpaired) electrons. The highest BCUT2D eigenvalue weighted by Crippen LogP contribution is 2.35. The molecule has 3 aromatic rings. The van der Waals surface area contributed by atoms with E-state index in [-0.39, 0.29) is 22.7 Å². The van der Waals surface area contributed by atoms with Crippen molar-refractivity contribution in [2.45, 2.75) is 12.8 Å². The Morgan fingerprint density at radius 3 is 2.45 bits per heavy atom. The molecule has 0 spiro atoms. The van der Waals surface area contributed by atoms with Crippen molar-refractivity contribution >= 4 is 11.6 Å². The summed E-state index contributed by atoms with van der Waals surface area (Å²) in [6.45, 7) is 0.381.